The topological polar surface area (TPSA) is 40.9 Å². The first-order valence-corrected chi connectivity index (χ1v) is 11.2. The van der Waals surface area contributed by atoms with Crippen molar-refractivity contribution < 1.29 is 0 Å². The third-order valence-electron chi connectivity index (χ3n) is 4.80. The van der Waals surface area contributed by atoms with Crippen LogP contribution in [0.4, 0.5) is 10.8 Å². The van der Waals surface area contributed by atoms with Crippen molar-refractivity contribution in [3.63, 3.8) is 0 Å². The van der Waals surface area contributed by atoms with Gasteiger partial charge in [0.15, 0.2) is 5.84 Å². The molecule has 31 heavy (non-hydrogen) atoms. The second kappa shape index (κ2) is 8.27. The van der Waals surface area contributed by atoms with Crippen LogP contribution in [0, 0.1) is 0 Å². The van der Waals surface area contributed by atoms with Crippen LogP contribution >= 0.6 is 34.5 Å². The van der Waals surface area contributed by atoms with E-state index in [1.54, 1.807) is 11.3 Å². The second-order valence-corrected chi connectivity index (χ2v) is 8.87. The summed E-state index contributed by atoms with van der Waals surface area (Å²) in [4.78, 5) is 9.61. The number of aliphatic imine (C=N–C) groups is 1. The molecular weight excluding hydrogens is 447 g/mol. The van der Waals surface area contributed by atoms with Crippen molar-refractivity contribution in [1.29, 1.82) is 0 Å². The Morgan fingerprint density at radius 3 is 2.52 bits per heavy atom. The summed E-state index contributed by atoms with van der Waals surface area (Å²) >= 11 is 13.9. The molecule has 0 unspecified atom stereocenters. The number of benzene rings is 3. The van der Waals surface area contributed by atoms with E-state index in [4.69, 9.17) is 33.3 Å². The maximum absolute atomic E-state index is 6.25. The summed E-state index contributed by atoms with van der Waals surface area (Å²) in [6.07, 6.45) is 2.06. The predicted octanol–water partition coefficient (Wildman–Crippen LogP) is 7.61. The number of anilines is 1. The molecule has 0 bridgehead atoms. The lowest BCUT2D eigenvalue weighted by atomic mass is 10.1. The van der Waals surface area contributed by atoms with Crippen molar-refractivity contribution in [3.8, 4) is 0 Å². The highest BCUT2D eigenvalue weighted by Gasteiger charge is 2.27. The first-order chi connectivity index (χ1) is 15.1. The van der Waals surface area contributed by atoms with E-state index in [1.807, 2.05) is 84.7 Å². The van der Waals surface area contributed by atoms with Crippen LogP contribution in [0.15, 0.2) is 88.5 Å². The summed E-state index contributed by atoms with van der Waals surface area (Å²) in [5.74, 6) is 0.703. The Bertz CT molecular complexity index is 1340. The van der Waals surface area contributed by atoms with Crippen molar-refractivity contribution in [3.05, 3.63) is 94.0 Å². The lowest BCUT2D eigenvalue weighted by molar-refractivity contribution is 1.15. The smallest absolute Gasteiger partial charge is 0.212 e. The molecule has 3 aromatic carbocycles. The molecule has 0 saturated carbocycles. The number of aromatic nitrogens is 1. The van der Waals surface area contributed by atoms with Gasteiger partial charge in [-0.1, -0.05) is 64.9 Å². The van der Waals surface area contributed by atoms with Gasteiger partial charge < -0.3 is 0 Å². The first kappa shape index (κ1) is 19.9. The molecule has 0 N–H and O–H groups in total. The minimum Gasteiger partial charge on any atom is -0.218 e. The van der Waals surface area contributed by atoms with Gasteiger partial charge in [-0.2, -0.15) is 10.1 Å². The molecule has 0 radical (unpaired) electrons. The van der Waals surface area contributed by atoms with Crippen LogP contribution in [-0.2, 0) is 0 Å². The summed E-state index contributed by atoms with van der Waals surface area (Å²) in [7, 11) is 0. The third kappa shape index (κ3) is 4.12. The van der Waals surface area contributed by atoms with Gasteiger partial charge >= 0.3 is 0 Å². The fraction of sp³-hybridized carbons (Fsp3) is 0.0417. The van der Waals surface area contributed by atoms with Crippen molar-refractivity contribution in [2.45, 2.75) is 6.92 Å². The lowest BCUT2D eigenvalue weighted by Gasteiger charge is -2.15. The third-order valence-corrected chi connectivity index (χ3v) is 6.22. The van der Waals surface area contributed by atoms with Crippen LogP contribution in [0.25, 0.3) is 16.3 Å². The molecule has 152 valence electrons. The van der Waals surface area contributed by atoms with E-state index in [9.17, 15) is 0 Å². The average Bonchev–Trinajstić information content (AvgIpc) is 3.31. The molecule has 0 spiro atoms. The number of nitrogens with zero attached hydrogens (tertiary/aromatic N) is 4. The average molecular weight is 463 g/mol. The molecule has 0 saturated heterocycles. The standard InChI is InChI=1S/C24H16Cl2N4S/c1-15-20(13-16-9-11-17(25)12-10-16)23(30(29-15)19-6-4-5-18(26)14-19)28-24-27-21-7-2-3-8-22(21)31-24/h2-14H,1H3/b20-13-,28-23-. The molecule has 4 aromatic rings. The molecule has 1 aliphatic heterocycles. The number of halogens is 2. The van der Waals surface area contributed by atoms with Crippen LogP contribution in [0.3, 0.4) is 0 Å². The summed E-state index contributed by atoms with van der Waals surface area (Å²) in [5.41, 5.74) is 4.56. The Balaban J connectivity index is 1.65. The number of amidine groups is 1. The number of thiazole rings is 1. The van der Waals surface area contributed by atoms with Gasteiger partial charge in [0.25, 0.3) is 0 Å². The highest BCUT2D eigenvalue weighted by molar-refractivity contribution is 7.22. The number of hydrogen-bond donors (Lipinski definition) is 0. The summed E-state index contributed by atoms with van der Waals surface area (Å²) < 4.78 is 1.09. The van der Waals surface area contributed by atoms with Gasteiger partial charge in [-0.25, -0.2) is 9.99 Å². The van der Waals surface area contributed by atoms with Crippen LogP contribution < -0.4 is 5.01 Å². The fourth-order valence-corrected chi connectivity index (χ4v) is 4.46. The fourth-order valence-electron chi connectivity index (χ4n) is 3.32. The van der Waals surface area contributed by atoms with Crippen LogP contribution in [-0.4, -0.2) is 16.5 Å². The first-order valence-electron chi connectivity index (χ1n) is 9.60. The molecule has 0 aliphatic carbocycles. The molecule has 0 fully saturated rings. The minimum absolute atomic E-state index is 0.639. The quantitative estimate of drug-likeness (QED) is 0.314. The van der Waals surface area contributed by atoms with Crippen LogP contribution in [0.5, 0.6) is 0 Å². The van der Waals surface area contributed by atoms with Crippen molar-refractivity contribution in [2.75, 3.05) is 5.01 Å². The number of fused-ring (bicyclic) bond motifs is 1. The van der Waals surface area contributed by atoms with E-state index in [-0.39, 0.29) is 0 Å². The monoisotopic (exact) mass is 462 g/mol. The predicted molar refractivity (Wildman–Crippen MR) is 133 cm³/mol. The number of para-hydroxylation sites is 1. The van der Waals surface area contributed by atoms with E-state index >= 15 is 0 Å². The van der Waals surface area contributed by atoms with Gasteiger partial charge in [0.05, 0.1) is 21.6 Å². The molecule has 0 atom stereocenters. The molecule has 7 heteroatoms. The zero-order valence-electron chi connectivity index (χ0n) is 16.5. The largest absolute Gasteiger partial charge is 0.218 e. The molecule has 1 aromatic heterocycles. The van der Waals surface area contributed by atoms with Crippen LogP contribution in [0.2, 0.25) is 10.0 Å². The number of hydrazone groups is 1. The zero-order chi connectivity index (χ0) is 21.4. The highest BCUT2D eigenvalue weighted by atomic mass is 35.5. The van der Waals surface area contributed by atoms with E-state index in [1.165, 1.54) is 0 Å². The molecule has 1 aliphatic rings. The molecule has 0 amide bonds. The highest BCUT2D eigenvalue weighted by Crippen LogP contribution is 2.33. The Labute approximate surface area is 193 Å². The maximum Gasteiger partial charge on any atom is 0.212 e. The van der Waals surface area contributed by atoms with Crippen molar-refractivity contribution >= 4 is 73.2 Å². The molecule has 2 heterocycles. The zero-order valence-corrected chi connectivity index (χ0v) is 18.8. The van der Waals surface area contributed by atoms with E-state index in [0.29, 0.717) is 21.0 Å². The summed E-state index contributed by atoms with van der Waals surface area (Å²) in [6.45, 7) is 1.97. The van der Waals surface area contributed by atoms with Gasteiger partial charge in [-0.05, 0) is 61.0 Å². The number of hydrogen-bond acceptors (Lipinski definition) is 4. The van der Waals surface area contributed by atoms with Crippen molar-refractivity contribution in [2.24, 2.45) is 10.1 Å². The van der Waals surface area contributed by atoms with Gasteiger partial charge in [-0.15, -0.1) is 0 Å². The Hall–Kier alpha value is -2.99. The lowest BCUT2D eigenvalue weighted by Crippen LogP contribution is -2.21. The van der Waals surface area contributed by atoms with Crippen molar-refractivity contribution in [1.82, 2.24) is 4.98 Å². The van der Waals surface area contributed by atoms with Gasteiger partial charge in [-0.3, -0.25) is 0 Å². The summed E-state index contributed by atoms with van der Waals surface area (Å²) in [5, 5.41) is 8.60. The van der Waals surface area contributed by atoms with E-state index < -0.39 is 0 Å². The van der Waals surface area contributed by atoms with Gasteiger partial charge in [0.1, 0.15) is 0 Å². The number of rotatable bonds is 3. The molecular formula is C24H16Cl2N4S. The van der Waals surface area contributed by atoms with E-state index in [2.05, 4.69) is 11.1 Å². The minimum atomic E-state index is 0.639. The van der Waals surface area contributed by atoms with Crippen LogP contribution in [0.1, 0.15) is 12.5 Å². The summed E-state index contributed by atoms with van der Waals surface area (Å²) in [6, 6.07) is 23.3. The second-order valence-electron chi connectivity index (χ2n) is 6.99. The van der Waals surface area contributed by atoms with E-state index in [0.717, 1.165) is 32.8 Å². The van der Waals surface area contributed by atoms with Gasteiger partial charge in [0, 0.05) is 15.6 Å². The Morgan fingerprint density at radius 1 is 0.935 bits per heavy atom. The SMILES string of the molecule is CC1=NN(c2cccc(Cl)c2)C(=N\c2nc3ccccc3s2)/C1=C\c1ccc(Cl)cc1. The molecule has 5 rings (SSSR count). The Morgan fingerprint density at radius 2 is 1.74 bits per heavy atom. The maximum atomic E-state index is 6.25. The molecule has 4 nitrogen and oxygen atoms in total. The normalized spacial score (nSPS) is 16.5. The Kier molecular flexibility index (Phi) is 5.32. The van der Waals surface area contributed by atoms with Gasteiger partial charge in [0.2, 0.25) is 5.13 Å².